The van der Waals surface area contributed by atoms with Crippen LogP contribution in [0.4, 0.5) is 0 Å². The summed E-state index contributed by atoms with van der Waals surface area (Å²) in [6.45, 7) is 7.93. The van der Waals surface area contributed by atoms with Gasteiger partial charge in [-0.1, -0.05) is 6.92 Å². The lowest BCUT2D eigenvalue weighted by Crippen LogP contribution is -2.43. The molecular formula is C10H19NO3. The van der Waals surface area contributed by atoms with Crippen molar-refractivity contribution in [2.24, 2.45) is 0 Å². The number of carbonyl (C=O) groups excluding carboxylic acids is 1. The summed E-state index contributed by atoms with van der Waals surface area (Å²) < 4.78 is 10.4. The first-order valence-corrected chi connectivity index (χ1v) is 5.25. The van der Waals surface area contributed by atoms with Crippen LogP contribution in [0.15, 0.2) is 0 Å². The minimum Gasteiger partial charge on any atom is -0.466 e. The number of rotatable bonds is 4. The molecule has 1 aliphatic rings. The number of esters is 1. The normalized spacial score (nSPS) is 23.4. The average Bonchev–Trinajstić information content (AvgIpc) is 2.18. The van der Waals surface area contributed by atoms with Crippen LogP contribution in [-0.4, -0.2) is 49.8 Å². The van der Waals surface area contributed by atoms with Gasteiger partial charge in [0, 0.05) is 13.1 Å². The van der Waals surface area contributed by atoms with Crippen LogP contribution >= 0.6 is 0 Å². The Morgan fingerprint density at radius 2 is 2.36 bits per heavy atom. The Morgan fingerprint density at radius 3 is 3.00 bits per heavy atom. The number of likely N-dealkylation sites (N-methyl/N-ethyl adjacent to an activating group) is 1. The van der Waals surface area contributed by atoms with Gasteiger partial charge in [-0.2, -0.15) is 0 Å². The van der Waals surface area contributed by atoms with Gasteiger partial charge in [0.25, 0.3) is 0 Å². The molecule has 0 aromatic carbocycles. The van der Waals surface area contributed by atoms with E-state index < -0.39 is 0 Å². The van der Waals surface area contributed by atoms with Crippen LogP contribution in [0.3, 0.4) is 0 Å². The Balaban J connectivity index is 2.26. The van der Waals surface area contributed by atoms with Crippen molar-refractivity contribution in [3.63, 3.8) is 0 Å². The molecule has 0 amide bonds. The minimum atomic E-state index is -0.157. The van der Waals surface area contributed by atoms with Crippen LogP contribution in [0, 0.1) is 0 Å². The van der Waals surface area contributed by atoms with Gasteiger partial charge in [0.2, 0.25) is 0 Å². The SMILES string of the molecule is CCOC(=O)CC1CN(CC)CCO1. The fraction of sp³-hybridized carbons (Fsp3) is 0.900. The van der Waals surface area contributed by atoms with Gasteiger partial charge in [-0.25, -0.2) is 0 Å². The van der Waals surface area contributed by atoms with E-state index in [2.05, 4.69) is 11.8 Å². The van der Waals surface area contributed by atoms with Gasteiger partial charge in [-0.05, 0) is 13.5 Å². The predicted octanol–water partition coefficient (Wildman–Crippen LogP) is 0.660. The van der Waals surface area contributed by atoms with Crippen molar-refractivity contribution in [2.45, 2.75) is 26.4 Å². The molecule has 14 heavy (non-hydrogen) atoms. The average molecular weight is 201 g/mol. The molecule has 0 aliphatic carbocycles. The first-order chi connectivity index (χ1) is 6.76. The molecule has 0 radical (unpaired) electrons. The van der Waals surface area contributed by atoms with Crippen molar-refractivity contribution in [3.05, 3.63) is 0 Å². The third-order valence-corrected chi connectivity index (χ3v) is 2.37. The van der Waals surface area contributed by atoms with Crippen LogP contribution < -0.4 is 0 Å². The van der Waals surface area contributed by atoms with E-state index in [1.807, 2.05) is 6.92 Å². The zero-order valence-electron chi connectivity index (χ0n) is 8.99. The third kappa shape index (κ3) is 3.64. The lowest BCUT2D eigenvalue weighted by atomic mass is 10.2. The van der Waals surface area contributed by atoms with E-state index in [4.69, 9.17) is 9.47 Å². The Kier molecular flexibility index (Phi) is 4.90. The van der Waals surface area contributed by atoms with Crippen molar-refractivity contribution >= 4 is 5.97 Å². The molecule has 4 heteroatoms. The molecule has 1 aliphatic heterocycles. The first-order valence-electron chi connectivity index (χ1n) is 5.25. The standard InChI is InChI=1S/C10H19NO3/c1-3-11-5-6-14-9(8-11)7-10(12)13-4-2/h9H,3-8H2,1-2H3. The molecular weight excluding hydrogens is 182 g/mol. The van der Waals surface area contributed by atoms with Crippen molar-refractivity contribution in [1.29, 1.82) is 0 Å². The van der Waals surface area contributed by atoms with Crippen molar-refractivity contribution < 1.29 is 14.3 Å². The molecule has 82 valence electrons. The fourth-order valence-corrected chi connectivity index (χ4v) is 1.60. The first kappa shape index (κ1) is 11.5. The van der Waals surface area contributed by atoms with E-state index in [9.17, 15) is 4.79 Å². The smallest absolute Gasteiger partial charge is 0.308 e. The van der Waals surface area contributed by atoms with Gasteiger partial charge < -0.3 is 9.47 Å². The summed E-state index contributed by atoms with van der Waals surface area (Å²) in [7, 11) is 0. The van der Waals surface area contributed by atoms with Gasteiger partial charge in [-0.15, -0.1) is 0 Å². The molecule has 1 unspecified atom stereocenters. The van der Waals surface area contributed by atoms with Gasteiger partial charge in [0.05, 0.1) is 25.7 Å². The maximum absolute atomic E-state index is 11.2. The van der Waals surface area contributed by atoms with E-state index in [0.29, 0.717) is 13.0 Å². The highest BCUT2D eigenvalue weighted by molar-refractivity contribution is 5.69. The molecule has 0 aromatic heterocycles. The van der Waals surface area contributed by atoms with Crippen LogP contribution in [0.25, 0.3) is 0 Å². The van der Waals surface area contributed by atoms with Crippen LogP contribution in [0.2, 0.25) is 0 Å². The third-order valence-electron chi connectivity index (χ3n) is 2.37. The van der Waals surface area contributed by atoms with E-state index in [0.717, 1.165) is 26.2 Å². The molecule has 0 saturated carbocycles. The highest BCUT2D eigenvalue weighted by atomic mass is 16.5. The Labute approximate surface area is 85.2 Å². The molecule has 1 saturated heterocycles. The van der Waals surface area contributed by atoms with E-state index in [1.165, 1.54) is 0 Å². The molecule has 1 atom stereocenters. The molecule has 1 rings (SSSR count). The molecule has 0 spiro atoms. The fourth-order valence-electron chi connectivity index (χ4n) is 1.60. The van der Waals surface area contributed by atoms with Crippen molar-refractivity contribution in [1.82, 2.24) is 4.90 Å². The predicted molar refractivity (Wildman–Crippen MR) is 53.1 cm³/mol. The zero-order chi connectivity index (χ0) is 10.4. The molecule has 1 heterocycles. The quantitative estimate of drug-likeness (QED) is 0.626. The van der Waals surface area contributed by atoms with E-state index >= 15 is 0 Å². The number of hydrogen-bond acceptors (Lipinski definition) is 4. The number of nitrogens with zero attached hydrogens (tertiary/aromatic N) is 1. The van der Waals surface area contributed by atoms with Crippen molar-refractivity contribution in [2.75, 3.05) is 32.8 Å². The maximum atomic E-state index is 11.2. The summed E-state index contributed by atoms with van der Waals surface area (Å²) in [5, 5.41) is 0. The van der Waals surface area contributed by atoms with Crippen molar-refractivity contribution in [3.8, 4) is 0 Å². The highest BCUT2D eigenvalue weighted by Gasteiger charge is 2.22. The Hall–Kier alpha value is -0.610. The Bertz CT molecular complexity index is 184. The number of carbonyl (C=O) groups is 1. The summed E-state index contributed by atoms with van der Waals surface area (Å²) in [4.78, 5) is 13.5. The summed E-state index contributed by atoms with van der Waals surface area (Å²) in [6.07, 6.45) is 0.396. The lowest BCUT2D eigenvalue weighted by molar-refractivity contribution is -0.148. The molecule has 0 bridgehead atoms. The van der Waals surface area contributed by atoms with Crippen LogP contribution in [0.1, 0.15) is 20.3 Å². The monoisotopic (exact) mass is 201 g/mol. The van der Waals surface area contributed by atoms with Gasteiger partial charge in [0.15, 0.2) is 0 Å². The van der Waals surface area contributed by atoms with E-state index in [-0.39, 0.29) is 12.1 Å². The van der Waals surface area contributed by atoms with Gasteiger partial charge >= 0.3 is 5.97 Å². The molecule has 4 nitrogen and oxygen atoms in total. The summed E-state index contributed by atoms with van der Waals surface area (Å²) >= 11 is 0. The summed E-state index contributed by atoms with van der Waals surface area (Å²) in [6, 6.07) is 0. The minimum absolute atomic E-state index is 0.0164. The van der Waals surface area contributed by atoms with E-state index in [1.54, 1.807) is 0 Å². The Morgan fingerprint density at radius 1 is 1.57 bits per heavy atom. The number of hydrogen-bond donors (Lipinski definition) is 0. The highest BCUT2D eigenvalue weighted by Crippen LogP contribution is 2.08. The van der Waals surface area contributed by atoms with Gasteiger partial charge in [0.1, 0.15) is 0 Å². The zero-order valence-corrected chi connectivity index (χ0v) is 8.99. The summed E-state index contributed by atoms with van der Waals surface area (Å²) in [5.74, 6) is -0.157. The van der Waals surface area contributed by atoms with Crippen LogP contribution in [0.5, 0.6) is 0 Å². The number of morpholine rings is 1. The molecule has 1 fully saturated rings. The lowest BCUT2D eigenvalue weighted by Gasteiger charge is -2.31. The topological polar surface area (TPSA) is 38.8 Å². The molecule has 0 N–H and O–H groups in total. The second-order valence-electron chi connectivity index (χ2n) is 3.40. The molecule has 0 aromatic rings. The number of ether oxygens (including phenoxy) is 2. The summed E-state index contributed by atoms with van der Waals surface area (Å²) in [5.41, 5.74) is 0. The maximum Gasteiger partial charge on any atom is 0.308 e. The van der Waals surface area contributed by atoms with Crippen LogP contribution in [-0.2, 0) is 14.3 Å². The second kappa shape index (κ2) is 5.98. The largest absolute Gasteiger partial charge is 0.466 e. The van der Waals surface area contributed by atoms with Gasteiger partial charge in [-0.3, -0.25) is 9.69 Å². The second-order valence-corrected chi connectivity index (χ2v) is 3.40.